The van der Waals surface area contributed by atoms with Gasteiger partial charge in [0.2, 0.25) is 0 Å². The summed E-state index contributed by atoms with van der Waals surface area (Å²) < 4.78 is 12.6. The lowest BCUT2D eigenvalue weighted by molar-refractivity contribution is 0.700. The first-order valence-corrected chi connectivity index (χ1v) is 5.91. The number of fused-ring (bicyclic) bond motifs is 1. The molecule has 11 heavy (non-hydrogen) atoms. The molecule has 4 heteroatoms. The van der Waals surface area contributed by atoms with Crippen LogP contribution in [0.3, 0.4) is 0 Å². The van der Waals surface area contributed by atoms with Gasteiger partial charge in [-0.3, -0.25) is 0 Å². The van der Waals surface area contributed by atoms with Gasteiger partial charge in [-0.25, -0.2) is 4.21 Å². The second kappa shape index (κ2) is 2.89. The van der Waals surface area contributed by atoms with Crippen molar-refractivity contribution in [3.63, 3.8) is 0 Å². The minimum absolute atomic E-state index is 0.584. The summed E-state index contributed by atoms with van der Waals surface area (Å²) in [5, 5.41) is 1.10. The van der Waals surface area contributed by atoms with Gasteiger partial charge in [0, 0.05) is 10.1 Å². The summed E-state index contributed by atoms with van der Waals surface area (Å²) in [7, 11) is 3.21. The van der Waals surface area contributed by atoms with Crippen LogP contribution in [0.1, 0.15) is 0 Å². The predicted octanol–water partition coefficient (Wildman–Crippen LogP) is 2.71. The van der Waals surface area contributed by atoms with Crippen LogP contribution < -0.4 is 0 Å². The molecule has 0 unspecified atom stereocenters. The van der Waals surface area contributed by atoms with Gasteiger partial charge in [0.15, 0.2) is 0 Å². The van der Waals surface area contributed by atoms with Crippen LogP contribution in [-0.4, -0.2) is 4.21 Å². The topological polar surface area (TPSA) is 17.1 Å². The van der Waals surface area contributed by atoms with E-state index in [4.69, 9.17) is 0 Å². The fourth-order valence-corrected chi connectivity index (χ4v) is 3.99. The second-order valence-electron chi connectivity index (χ2n) is 2.03. The van der Waals surface area contributed by atoms with Gasteiger partial charge in [-0.2, -0.15) is 0 Å². The predicted molar refractivity (Wildman–Crippen MR) is 51.1 cm³/mol. The standard InChI is InChI=1S/C7H4OS3/c8-9-7-5-3-1-2-4-6(5)10-11-7/h1-4H. The third-order valence-electron chi connectivity index (χ3n) is 1.39. The monoisotopic (exact) mass is 200 g/mol. The molecule has 0 spiro atoms. The van der Waals surface area contributed by atoms with Gasteiger partial charge in [0.05, 0.1) is 0 Å². The van der Waals surface area contributed by atoms with Gasteiger partial charge < -0.3 is 0 Å². The Morgan fingerprint density at radius 3 is 2.82 bits per heavy atom. The molecule has 1 aromatic heterocycles. The molecule has 0 bridgehead atoms. The third-order valence-corrected chi connectivity index (χ3v) is 4.81. The number of hydrogen-bond acceptors (Lipinski definition) is 3. The van der Waals surface area contributed by atoms with Crippen LogP contribution in [-0.2, 0) is 11.3 Å². The zero-order chi connectivity index (χ0) is 7.68. The fraction of sp³-hybridized carbons (Fsp3) is 0. The summed E-state index contributed by atoms with van der Waals surface area (Å²) in [6.07, 6.45) is 0. The highest BCUT2D eigenvalue weighted by Gasteiger charge is 1.95. The summed E-state index contributed by atoms with van der Waals surface area (Å²) in [6.45, 7) is 0. The summed E-state index contributed by atoms with van der Waals surface area (Å²) in [5.41, 5.74) is 0. The Balaban J connectivity index is 3.10. The Kier molecular flexibility index (Phi) is 1.89. The van der Waals surface area contributed by atoms with Crippen molar-refractivity contribution in [1.82, 2.24) is 0 Å². The minimum atomic E-state index is 0.584. The van der Waals surface area contributed by atoms with Gasteiger partial charge in [0.1, 0.15) is 15.1 Å². The minimum Gasteiger partial charge on any atom is -0.211 e. The molecule has 1 aromatic carbocycles. The Morgan fingerprint density at radius 1 is 1.18 bits per heavy atom. The van der Waals surface area contributed by atoms with Crippen molar-refractivity contribution in [2.24, 2.45) is 0 Å². The molecule has 0 radical (unpaired) electrons. The molecule has 56 valence electrons. The average molecular weight is 200 g/mol. The van der Waals surface area contributed by atoms with Gasteiger partial charge in [0.25, 0.3) is 0 Å². The van der Waals surface area contributed by atoms with Crippen molar-refractivity contribution in [3.8, 4) is 0 Å². The number of hydrogen-bond donors (Lipinski definition) is 0. The highest BCUT2D eigenvalue weighted by Crippen LogP contribution is 2.25. The van der Waals surface area contributed by atoms with Crippen LogP contribution in [0.25, 0.3) is 10.1 Å². The largest absolute Gasteiger partial charge is 0.211 e. The number of rotatable bonds is 0. The summed E-state index contributed by atoms with van der Waals surface area (Å²) in [6, 6.07) is 7.98. The van der Waals surface area contributed by atoms with Crippen LogP contribution in [0.5, 0.6) is 0 Å². The molecule has 1 heterocycles. The maximum atomic E-state index is 10.5. The SMILES string of the molecule is O=S=c1ssc2ccccc12. The van der Waals surface area contributed by atoms with Crippen LogP contribution in [0.15, 0.2) is 24.3 Å². The fourth-order valence-electron chi connectivity index (χ4n) is 0.894. The smallest absolute Gasteiger partial charge is 0.139 e. The Hall–Kier alpha value is -0.450. The van der Waals surface area contributed by atoms with Crippen molar-refractivity contribution >= 4 is 42.0 Å². The zero-order valence-electron chi connectivity index (χ0n) is 5.44. The normalized spacial score (nSPS) is 10.2. The summed E-state index contributed by atoms with van der Waals surface area (Å²) in [5.74, 6) is 0. The van der Waals surface area contributed by atoms with Crippen molar-refractivity contribution in [3.05, 3.63) is 28.1 Å². The lowest BCUT2D eigenvalue weighted by atomic mass is 10.3. The summed E-state index contributed by atoms with van der Waals surface area (Å²) in [4.78, 5) is 0. The van der Waals surface area contributed by atoms with Gasteiger partial charge in [-0.05, 0) is 6.07 Å². The lowest BCUT2D eigenvalue weighted by Crippen LogP contribution is -1.60. The highest BCUT2D eigenvalue weighted by atomic mass is 32.9. The molecule has 2 rings (SSSR count). The van der Waals surface area contributed by atoms with Crippen LogP contribution in [0.4, 0.5) is 0 Å². The van der Waals surface area contributed by atoms with E-state index in [1.54, 1.807) is 20.7 Å². The molecule has 0 amide bonds. The molecule has 0 saturated heterocycles. The van der Waals surface area contributed by atoms with E-state index in [9.17, 15) is 4.21 Å². The molecule has 0 N–H and O–H groups in total. The van der Waals surface area contributed by atoms with Crippen LogP contribution in [0, 0.1) is 3.82 Å². The van der Waals surface area contributed by atoms with Crippen LogP contribution >= 0.6 is 20.7 Å². The van der Waals surface area contributed by atoms with Gasteiger partial charge >= 0.3 is 0 Å². The molecule has 0 aliphatic carbocycles. The molecule has 0 aliphatic heterocycles. The van der Waals surface area contributed by atoms with E-state index in [1.807, 2.05) is 24.3 Å². The zero-order valence-corrected chi connectivity index (χ0v) is 7.89. The molecular formula is C7H4OS3. The van der Waals surface area contributed by atoms with E-state index in [2.05, 4.69) is 0 Å². The maximum absolute atomic E-state index is 10.5. The van der Waals surface area contributed by atoms with E-state index >= 15 is 0 Å². The Bertz CT molecular complexity index is 461. The first-order chi connectivity index (χ1) is 5.42. The molecule has 0 aliphatic rings. The molecule has 0 atom stereocenters. The van der Waals surface area contributed by atoms with Crippen molar-refractivity contribution in [2.75, 3.05) is 0 Å². The molecular weight excluding hydrogens is 196 g/mol. The van der Waals surface area contributed by atoms with Crippen LogP contribution in [0.2, 0.25) is 0 Å². The third kappa shape index (κ3) is 1.17. The molecule has 1 nitrogen and oxygen atoms in total. The Labute approximate surface area is 74.4 Å². The second-order valence-corrected chi connectivity index (χ2v) is 5.05. The van der Waals surface area contributed by atoms with Crippen molar-refractivity contribution < 1.29 is 4.21 Å². The van der Waals surface area contributed by atoms with Gasteiger partial charge in [-0.1, -0.05) is 38.9 Å². The average Bonchev–Trinajstić information content (AvgIpc) is 2.47. The van der Waals surface area contributed by atoms with E-state index < -0.39 is 0 Å². The van der Waals surface area contributed by atoms with E-state index in [1.165, 1.54) is 4.70 Å². The molecule has 2 aromatic rings. The maximum Gasteiger partial charge on any atom is 0.139 e. The van der Waals surface area contributed by atoms with Gasteiger partial charge in [-0.15, -0.1) is 0 Å². The summed E-state index contributed by atoms with van der Waals surface area (Å²) >= 11 is 0.584. The first kappa shape index (κ1) is 7.21. The van der Waals surface area contributed by atoms with E-state index in [0.29, 0.717) is 11.3 Å². The first-order valence-electron chi connectivity index (χ1n) is 3.02. The highest BCUT2D eigenvalue weighted by molar-refractivity contribution is 7.76. The molecule has 0 fully saturated rings. The van der Waals surface area contributed by atoms with Crippen molar-refractivity contribution in [1.29, 1.82) is 0 Å². The lowest BCUT2D eigenvalue weighted by Gasteiger charge is -1.81. The number of benzene rings is 1. The quantitative estimate of drug-likeness (QED) is 0.472. The van der Waals surface area contributed by atoms with E-state index in [-0.39, 0.29) is 0 Å². The van der Waals surface area contributed by atoms with E-state index in [0.717, 1.165) is 9.21 Å². The van der Waals surface area contributed by atoms with Crippen molar-refractivity contribution in [2.45, 2.75) is 0 Å². The molecule has 0 saturated carbocycles. The Morgan fingerprint density at radius 2 is 2.00 bits per heavy atom.